The lowest BCUT2D eigenvalue weighted by Gasteiger charge is -2.16. The lowest BCUT2D eigenvalue weighted by atomic mass is 9.96. The predicted octanol–water partition coefficient (Wildman–Crippen LogP) is 1.75. The van der Waals surface area contributed by atoms with Gasteiger partial charge in [-0.25, -0.2) is 0 Å². The van der Waals surface area contributed by atoms with E-state index in [-0.39, 0.29) is 5.78 Å². The Kier molecular flexibility index (Phi) is 9.51. The summed E-state index contributed by atoms with van der Waals surface area (Å²) in [5.74, 6) is 0.0278. The van der Waals surface area contributed by atoms with E-state index in [1.54, 1.807) is 0 Å². The number of carbonyl (C=O) groups is 1. The Morgan fingerprint density at radius 3 is 1.92 bits per heavy atom. The van der Waals surface area contributed by atoms with Gasteiger partial charge in [0, 0.05) is 6.61 Å². The highest BCUT2D eigenvalue weighted by Crippen LogP contribution is 2.15. The fourth-order valence-corrected chi connectivity index (χ4v) is 0.858. The van der Waals surface area contributed by atoms with Gasteiger partial charge in [0.05, 0.1) is 6.61 Å². The van der Waals surface area contributed by atoms with Crippen molar-refractivity contribution >= 4 is 5.78 Å². The molecule has 0 aliphatic carbocycles. The molecule has 1 heterocycles. The van der Waals surface area contributed by atoms with Gasteiger partial charge < -0.3 is 10.5 Å². The third kappa shape index (κ3) is 5.01. The molecule has 1 saturated heterocycles. The number of rotatable bonds is 1. The van der Waals surface area contributed by atoms with Crippen LogP contribution < -0.4 is 5.73 Å². The highest BCUT2D eigenvalue weighted by molar-refractivity contribution is 5.86. The summed E-state index contributed by atoms with van der Waals surface area (Å²) in [5.41, 5.74) is 4.96. The third-order valence-corrected chi connectivity index (χ3v) is 1.75. The summed E-state index contributed by atoms with van der Waals surface area (Å²) in [6, 6.07) is 0. The molecule has 1 unspecified atom stereocenters. The second-order valence-electron chi connectivity index (χ2n) is 2.51. The van der Waals surface area contributed by atoms with Gasteiger partial charge in [-0.05, 0) is 13.3 Å². The Morgan fingerprint density at radius 2 is 1.77 bits per heavy atom. The molecule has 1 aliphatic heterocycles. The summed E-state index contributed by atoms with van der Waals surface area (Å²) in [6.45, 7) is 10.5. The zero-order chi connectivity index (χ0) is 10.9. The van der Waals surface area contributed by atoms with E-state index in [0.29, 0.717) is 19.6 Å². The van der Waals surface area contributed by atoms with Gasteiger partial charge in [-0.1, -0.05) is 27.7 Å². The maximum atomic E-state index is 10.8. The molecule has 80 valence electrons. The van der Waals surface area contributed by atoms with Gasteiger partial charge >= 0.3 is 0 Å². The molecule has 0 amide bonds. The summed E-state index contributed by atoms with van der Waals surface area (Å²) < 4.78 is 4.98. The molecule has 0 spiro atoms. The highest BCUT2D eigenvalue weighted by atomic mass is 16.5. The zero-order valence-electron chi connectivity index (χ0n) is 9.52. The van der Waals surface area contributed by atoms with E-state index in [0.717, 1.165) is 0 Å². The topological polar surface area (TPSA) is 52.3 Å². The van der Waals surface area contributed by atoms with Gasteiger partial charge in [-0.3, -0.25) is 4.79 Å². The van der Waals surface area contributed by atoms with Crippen molar-refractivity contribution in [1.29, 1.82) is 0 Å². The molecule has 2 N–H and O–H groups in total. The summed E-state index contributed by atoms with van der Waals surface area (Å²) in [7, 11) is 0. The van der Waals surface area contributed by atoms with E-state index in [1.165, 1.54) is 6.92 Å². The van der Waals surface area contributed by atoms with Crippen molar-refractivity contribution in [3.63, 3.8) is 0 Å². The van der Waals surface area contributed by atoms with E-state index in [2.05, 4.69) is 0 Å². The zero-order valence-corrected chi connectivity index (χ0v) is 9.52. The molecule has 3 heteroatoms. The predicted molar refractivity (Wildman–Crippen MR) is 55.7 cm³/mol. The maximum absolute atomic E-state index is 10.8. The molecule has 0 aromatic heterocycles. The molecular formula is C10H23NO2. The van der Waals surface area contributed by atoms with Crippen molar-refractivity contribution in [1.82, 2.24) is 0 Å². The Hall–Kier alpha value is -0.410. The summed E-state index contributed by atoms with van der Waals surface area (Å²) in [5, 5.41) is 0. The minimum atomic E-state index is -0.667. The average Bonchev–Trinajstić information content (AvgIpc) is 2.61. The van der Waals surface area contributed by atoms with E-state index in [1.807, 2.05) is 27.7 Å². The van der Waals surface area contributed by atoms with Gasteiger partial charge in [0.15, 0.2) is 5.78 Å². The Labute approximate surface area is 81.6 Å². The molecule has 0 aromatic rings. The van der Waals surface area contributed by atoms with Crippen molar-refractivity contribution < 1.29 is 9.53 Å². The van der Waals surface area contributed by atoms with Crippen LogP contribution in [0, 0.1) is 0 Å². The highest BCUT2D eigenvalue weighted by Gasteiger charge is 2.34. The van der Waals surface area contributed by atoms with Crippen molar-refractivity contribution in [2.45, 2.75) is 46.6 Å². The normalized spacial score (nSPS) is 25.1. The van der Waals surface area contributed by atoms with E-state index < -0.39 is 5.54 Å². The number of Topliss-reactive ketones (excluding diaryl/α,β-unsaturated/α-hetero) is 1. The third-order valence-electron chi connectivity index (χ3n) is 1.75. The van der Waals surface area contributed by atoms with Gasteiger partial charge in [0.2, 0.25) is 0 Å². The monoisotopic (exact) mass is 189 g/mol. The van der Waals surface area contributed by atoms with Gasteiger partial charge in [-0.2, -0.15) is 0 Å². The first-order chi connectivity index (χ1) is 6.15. The van der Waals surface area contributed by atoms with Gasteiger partial charge in [0.1, 0.15) is 5.54 Å². The number of hydrogen-bond donors (Lipinski definition) is 1. The van der Waals surface area contributed by atoms with Crippen molar-refractivity contribution in [3.05, 3.63) is 0 Å². The van der Waals surface area contributed by atoms with E-state index >= 15 is 0 Å². The van der Waals surface area contributed by atoms with Crippen LogP contribution in [0.2, 0.25) is 0 Å². The van der Waals surface area contributed by atoms with Crippen LogP contribution in [0.1, 0.15) is 41.0 Å². The minimum absolute atomic E-state index is 0.0278. The number of ketones is 1. The molecule has 1 atom stereocenters. The van der Waals surface area contributed by atoms with Gasteiger partial charge in [0.25, 0.3) is 0 Å². The van der Waals surface area contributed by atoms with Crippen LogP contribution in [0.5, 0.6) is 0 Å². The fraction of sp³-hybridized carbons (Fsp3) is 0.900. The quantitative estimate of drug-likeness (QED) is 0.683. The molecule has 1 rings (SSSR count). The number of hydrogen-bond acceptors (Lipinski definition) is 3. The Morgan fingerprint density at radius 1 is 1.31 bits per heavy atom. The van der Waals surface area contributed by atoms with E-state index in [9.17, 15) is 4.79 Å². The molecule has 0 saturated carbocycles. The summed E-state index contributed by atoms with van der Waals surface area (Å²) >= 11 is 0. The lowest BCUT2D eigenvalue weighted by Crippen LogP contribution is -2.47. The maximum Gasteiger partial charge on any atom is 0.152 e. The summed E-state index contributed by atoms with van der Waals surface area (Å²) in [4.78, 5) is 10.8. The molecule has 13 heavy (non-hydrogen) atoms. The first kappa shape index (κ1) is 15.1. The van der Waals surface area contributed by atoms with Crippen LogP contribution >= 0.6 is 0 Å². The van der Waals surface area contributed by atoms with Crippen LogP contribution in [-0.4, -0.2) is 24.5 Å². The number of nitrogens with two attached hydrogens (primary N) is 1. The van der Waals surface area contributed by atoms with Crippen molar-refractivity contribution in [2.75, 3.05) is 13.2 Å². The average molecular weight is 189 g/mol. The van der Waals surface area contributed by atoms with Crippen molar-refractivity contribution in [3.8, 4) is 0 Å². The molecule has 0 aromatic carbocycles. The minimum Gasteiger partial charge on any atom is -0.379 e. The Bertz CT molecular complexity index is 129. The van der Waals surface area contributed by atoms with E-state index in [4.69, 9.17) is 10.5 Å². The Balaban J connectivity index is 0. The first-order valence-electron chi connectivity index (χ1n) is 5.03. The standard InChI is InChI=1S/C6H11NO2.2C2H6/c1-5(8)6(7)2-3-9-4-6;2*1-2/h2-4,7H2,1H3;2*1-2H3. The van der Waals surface area contributed by atoms with Crippen LogP contribution in [-0.2, 0) is 9.53 Å². The summed E-state index contributed by atoms with van der Waals surface area (Å²) in [6.07, 6.45) is 0.669. The molecule has 1 aliphatic rings. The van der Waals surface area contributed by atoms with Crippen LogP contribution in [0.3, 0.4) is 0 Å². The van der Waals surface area contributed by atoms with Crippen molar-refractivity contribution in [2.24, 2.45) is 5.73 Å². The molecular weight excluding hydrogens is 166 g/mol. The van der Waals surface area contributed by atoms with Crippen LogP contribution in [0.4, 0.5) is 0 Å². The largest absolute Gasteiger partial charge is 0.379 e. The first-order valence-corrected chi connectivity index (χ1v) is 5.03. The smallest absolute Gasteiger partial charge is 0.152 e. The van der Waals surface area contributed by atoms with Gasteiger partial charge in [-0.15, -0.1) is 0 Å². The SMILES string of the molecule is CC.CC.CC(=O)C1(N)CCOC1. The molecule has 1 fully saturated rings. The fourth-order valence-electron chi connectivity index (χ4n) is 0.858. The molecule has 0 bridgehead atoms. The van der Waals surface area contributed by atoms with Crippen LogP contribution in [0.25, 0.3) is 0 Å². The second kappa shape index (κ2) is 8.20. The second-order valence-corrected chi connectivity index (χ2v) is 2.51. The number of ether oxygens (including phenoxy) is 1. The molecule has 0 radical (unpaired) electrons. The van der Waals surface area contributed by atoms with Crippen LogP contribution in [0.15, 0.2) is 0 Å². The lowest BCUT2D eigenvalue weighted by molar-refractivity contribution is -0.122. The molecule has 3 nitrogen and oxygen atoms in total. The number of carbonyl (C=O) groups excluding carboxylic acids is 1.